The summed E-state index contributed by atoms with van der Waals surface area (Å²) >= 11 is 0. The van der Waals surface area contributed by atoms with E-state index in [-0.39, 0.29) is 17.7 Å². The van der Waals surface area contributed by atoms with E-state index in [0.717, 1.165) is 17.0 Å². The van der Waals surface area contributed by atoms with Crippen LogP contribution in [0.1, 0.15) is 29.8 Å². The lowest BCUT2D eigenvalue weighted by molar-refractivity contribution is -0.125. The van der Waals surface area contributed by atoms with Crippen LogP contribution in [0.4, 0.5) is 10.7 Å². The minimum Gasteiger partial charge on any atom is -0.339 e. The number of imide groups is 1. The van der Waals surface area contributed by atoms with Crippen molar-refractivity contribution >= 4 is 34.8 Å². The first-order valence-corrected chi connectivity index (χ1v) is 11.5. The number of rotatable bonds is 4. The Labute approximate surface area is 197 Å². The van der Waals surface area contributed by atoms with Crippen molar-refractivity contribution < 1.29 is 14.4 Å². The van der Waals surface area contributed by atoms with Gasteiger partial charge >= 0.3 is 6.03 Å². The normalized spacial score (nSPS) is 20.7. The molecule has 5 rings (SSSR count). The number of urea groups is 1. The Morgan fingerprint density at radius 3 is 2.26 bits per heavy atom. The van der Waals surface area contributed by atoms with E-state index in [1.54, 1.807) is 24.3 Å². The monoisotopic (exact) mass is 460 g/mol. The summed E-state index contributed by atoms with van der Waals surface area (Å²) in [5.74, 6) is 0.337. The van der Waals surface area contributed by atoms with Crippen LogP contribution in [0.3, 0.4) is 0 Å². The Kier molecular flexibility index (Phi) is 5.27. The third kappa shape index (κ3) is 3.39. The average molecular weight is 461 g/mol. The molecule has 0 radical (unpaired) electrons. The van der Waals surface area contributed by atoms with Crippen molar-refractivity contribution in [2.45, 2.75) is 19.4 Å². The van der Waals surface area contributed by atoms with E-state index in [2.05, 4.69) is 26.2 Å². The fourth-order valence-electron chi connectivity index (χ4n) is 5.00. The molecule has 34 heavy (non-hydrogen) atoms. The number of aryl methyl sites for hydroxylation is 1. The van der Waals surface area contributed by atoms with Gasteiger partial charge in [0.1, 0.15) is 5.54 Å². The average Bonchev–Trinajstić information content (AvgIpc) is 3.35. The Balaban J connectivity index is 1.29. The van der Waals surface area contributed by atoms with Crippen LogP contribution in [0.15, 0.2) is 48.5 Å². The van der Waals surface area contributed by atoms with Crippen molar-refractivity contribution in [2.24, 2.45) is 13.0 Å². The minimum absolute atomic E-state index is 0.0466. The van der Waals surface area contributed by atoms with Crippen molar-refractivity contribution in [1.82, 2.24) is 25.1 Å². The van der Waals surface area contributed by atoms with E-state index in [9.17, 15) is 14.4 Å². The first-order chi connectivity index (χ1) is 16.3. The van der Waals surface area contributed by atoms with Crippen LogP contribution >= 0.6 is 0 Å². The topological polar surface area (TPSA) is 99.6 Å². The van der Waals surface area contributed by atoms with E-state index in [1.807, 2.05) is 44.0 Å². The van der Waals surface area contributed by atoms with Crippen molar-refractivity contribution in [3.8, 4) is 0 Å². The van der Waals surface area contributed by atoms with Crippen molar-refractivity contribution in [3.63, 3.8) is 0 Å². The van der Waals surface area contributed by atoms with Gasteiger partial charge in [0.2, 0.25) is 5.95 Å². The van der Waals surface area contributed by atoms with Crippen molar-refractivity contribution in [1.29, 1.82) is 0 Å². The number of aromatic nitrogens is 2. The largest absolute Gasteiger partial charge is 0.339 e. The number of carbonyl (C=O) groups excluding carboxylic acids is 3. The van der Waals surface area contributed by atoms with Gasteiger partial charge in [-0.05, 0) is 35.7 Å². The van der Waals surface area contributed by atoms with Crippen LogP contribution in [0.5, 0.6) is 0 Å². The Bertz CT molecular complexity index is 1270. The van der Waals surface area contributed by atoms with Crippen LogP contribution < -0.4 is 15.5 Å². The highest BCUT2D eigenvalue weighted by Crippen LogP contribution is 2.33. The van der Waals surface area contributed by atoms with E-state index < -0.39 is 11.6 Å². The maximum Gasteiger partial charge on any atom is 0.322 e. The third-order valence-electron chi connectivity index (χ3n) is 6.96. The molecule has 0 saturated carbocycles. The summed E-state index contributed by atoms with van der Waals surface area (Å²) in [6.45, 7) is 6.35. The first-order valence-electron chi connectivity index (χ1n) is 11.5. The number of fused-ring (bicyclic) bond motifs is 1. The van der Waals surface area contributed by atoms with Gasteiger partial charge in [-0.25, -0.2) is 9.78 Å². The number of para-hydroxylation sites is 2. The van der Waals surface area contributed by atoms with Crippen LogP contribution in [-0.4, -0.2) is 58.5 Å². The lowest BCUT2D eigenvalue weighted by Crippen LogP contribution is -2.49. The second-order valence-electron chi connectivity index (χ2n) is 9.19. The molecule has 2 aromatic carbocycles. The van der Waals surface area contributed by atoms with Gasteiger partial charge < -0.3 is 19.7 Å². The molecule has 1 atom stereocenters. The zero-order valence-corrected chi connectivity index (χ0v) is 19.5. The number of imidazole rings is 1. The van der Waals surface area contributed by atoms with E-state index >= 15 is 0 Å². The Hall–Kier alpha value is -3.88. The number of carbonyl (C=O) groups is 3. The predicted molar refractivity (Wildman–Crippen MR) is 128 cm³/mol. The highest BCUT2D eigenvalue weighted by Gasteiger charge is 2.50. The molecule has 2 fully saturated rings. The smallest absolute Gasteiger partial charge is 0.322 e. The molecule has 3 heterocycles. The van der Waals surface area contributed by atoms with Crippen molar-refractivity contribution in [3.05, 3.63) is 59.7 Å². The van der Waals surface area contributed by atoms with Gasteiger partial charge in [0.15, 0.2) is 0 Å². The van der Waals surface area contributed by atoms with Crippen LogP contribution in [0, 0.1) is 5.92 Å². The van der Waals surface area contributed by atoms with Crippen LogP contribution in [0.2, 0.25) is 0 Å². The number of hydrogen-bond acceptors (Lipinski definition) is 5. The first kappa shape index (κ1) is 21.9. The quantitative estimate of drug-likeness (QED) is 0.582. The molecular weight excluding hydrogens is 432 g/mol. The second-order valence-corrected chi connectivity index (χ2v) is 9.19. The molecule has 0 spiro atoms. The van der Waals surface area contributed by atoms with Crippen molar-refractivity contribution in [2.75, 3.05) is 31.1 Å². The highest BCUT2D eigenvalue weighted by molar-refractivity contribution is 6.07. The second kappa shape index (κ2) is 8.16. The molecule has 2 saturated heterocycles. The number of hydrogen-bond donors (Lipinski definition) is 2. The maximum absolute atomic E-state index is 13.2. The zero-order chi connectivity index (χ0) is 24.0. The molecule has 2 aliphatic rings. The minimum atomic E-state index is -1.13. The molecule has 176 valence electrons. The number of nitrogens with zero attached hydrogens (tertiary/aromatic N) is 4. The summed E-state index contributed by atoms with van der Waals surface area (Å²) in [4.78, 5) is 46.3. The molecule has 0 bridgehead atoms. The van der Waals surface area contributed by atoms with Gasteiger partial charge in [-0.3, -0.25) is 14.9 Å². The third-order valence-corrected chi connectivity index (χ3v) is 6.96. The van der Waals surface area contributed by atoms with Gasteiger partial charge in [-0.2, -0.15) is 0 Å². The molecular formula is C25H28N6O3. The van der Waals surface area contributed by atoms with Crippen LogP contribution in [-0.2, 0) is 17.4 Å². The van der Waals surface area contributed by atoms with E-state index in [1.165, 1.54) is 0 Å². The number of nitrogens with one attached hydrogen (secondary N) is 2. The summed E-state index contributed by atoms with van der Waals surface area (Å²) in [5.41, 5.74) is 2.14. The van der Waals surface area contributed by atoms with Gasteiger partial charge in [-0.1, -0.05) is 38.1 Å². The Morgan fingerprint density at radius 2 is 1.68 bits per heavy atom. The summed E-state index contributed by atoms with van der Waals surface area (Å²) < 4.78 is 2.09. The molecule has 3 aromatic rings. The molecule has 2 N–H and O–H groups in total. The molecule has 0 aliphatic carbocycles. The lowest BCUT2D eigenvalue weighted by Gasteiger charge is -2.35. The van der Waals surface area contributed by atoms with E-state index in [4.69, 9.17) is 4.98 Å². The zero-order valence-electron chi connectivity index (χ0n) is 19.5. The number of anilines is 1. The van der Waals surface area contributed by atoms with Gasteiger partial charge in [-0.15, -0.1) is 0 Å². The fourth-order valence-corrected chi connectivity index (χ4v) is 5.00. The summed E-state index contributed by atoms with van der Waals surface area (Å²) in [6.07, 6.45) is 0. The van der Waals surface area contributed by atoms with Gasteiger partial charge in [0.05, 0.1) is 11.0 Å². The lowest BCUT2D eigenvalue weighted by atomic mass is 9.79. The molecule has 9 nitrogen and oxygen atoms in total. The highest BCUT2D eigenvalue weighted by atomic mass is 16.2. The standard InChI is InChI=1S/C25H28N6O3/c1-16(2)25(22(33)27-23(34)28-25)18-10-8-17(9-11-18)21(32)30-12-14-31(15-13-30)24-26-19-6-4-5-7-20(19)29(24)3/h4-11,16H,12-15H2,1-3H3,(H2,27,28,33,34)/t25-/m1/s1. The molecule has 0 unspecified atom stereocenters. The number of amides is 4. The van der Waals surface area contributed by atoms with Gasteiger partial charge in [0, 0.05) is 38.8 Å². The summed E-state index contributed by atoms with van der Waals surface area (Å²) in [7, 11) is 2.01. The molecule has 2 aliphatic heterocycles. The number of piperazine rings is 1. The fraction of sp³-hybridized carbons (Fsp3) is 0.360. The Morgan fingerprint density at radius 1 is 1.00 bits per heavy atom. The van der Waals surface area contributed by atoms with Crippen LogP contribution in [0.25, 0.3) is 11.0 Å². The number of benzene rings is 2. The van der Waals surface area contributed by atoms with Gasteiger partial charge in [0.25, 0.3) is 11.8 Å². The SMILES string of the molecule is CC(C)[C@]1(c2ccc(C(=O)N3CCN(c4nc5ccccc5n4C)CC3)cc2)NC(=O)NC1=O. The van der Waals surface area contributed by atoms with E-state index in [0.29, 0.717) is 37.3 Å². The molecule has 4 amide bonds. The molecule has 9 heteroatoms. The maximum atomic E-state index is 13.2. The predicted octanol–water partition coefficient (Wildman–Crippen LogP) is 2.23. The summed E-state index contributed by atoms with van der Waals surface area (Å²) in [5, 5.41) is 5.10. The molecule has 1 aromatic heterocycles. The summed E-state index contributed by atoms with van der Waals surface area (Å²) in [6, 6.07) is 14.5.